The van der Waals surface area contributed by atoms with E-state index in [0.29, 0.717) is 11.9 Å². The Balaban J connectivity index is 0.0000000994. The molecule has 0 saturated carbocycles. The first kappa shape index (κ1) is 79.7. The fourth-order valence-electron chi connectivity index (χ4n) is 21.9. The Bertz CT molecular complexity index is 10900. The molecule has 0 bridgehead atoms. The summed E-state index contributed by atoms with van der Waals surface area (Å²) in [5.74, 6) is 2.04. The summed E-state index contributed by atoms with van der Waals surface area (Å²) in [6, 6.07) is 139. The van der Waals surface area contributed by atoms with Crippen LogP contribution >= 0.6 is 56.7 Å². The summed E-state index contributed by atoms with van der Waals surface area (Å²) in [7, 11) is 0. The van der Waals surface area contributed by atoms with Gasteiger partial charge in [-0.2, -0.15) is 0 Å². The van der Waals surface area contributed by atoms with Gasteiger partial charge in [0, 0.05) is 184 Å². The second kappa shape index (κ2) is 31.5. The molecular formula is C123H69N13S5. The zero-order valence-corrected chi connectivity index (χ0v) is 78.8. The van der Waals surface area contributed by atoms with Crippen molar-refractivity contribution >= 4 is 278 Å². The minimum Gasteiger partial charge on any atom is -0.354 e. The highest BCUT2D eigenvalue weighted by Crippen LogP contribution is 2.56. The second-order valence-electron chi connectivity index (χ2n) is 35.7. The third-order valence-corrected chi connectivity index (χ3v) is 33.7. The van der Waals surface area contributed by atoms with Crippen molar-refractivity contribution in [3.05, 3.63) is 413 Å². The van der Waals surface area contributed by atoms with E-state index in [1.54, 1.807) is 34.0 Å². The Hall–Kier alpha value is -17.5. The average Bonchev–Trinajstić information content (AvgIpc) is 1.53. The molecule has 0 unspecified atom stereocenters. The highest BCUT2D eigenvalue weighted by Gasteiger charge is 2.32. The van der Waals surface area contributed by atoms with E-state index >= 15 is 0 Å². The number of benzene rings is 17. The maximum Gasteiger partial charge on any atom is 0.235 e. The molecule has 0 atom stereocenters. The second-order valence-corrected chi connectivity index (χ2v) is 40.8. The molecule has 656 valence electrons. The zero-order valence-electron chi connectivity index (χ0n) is 74.7. The number of thiophene rings is 5. The predicted molar refractivity (Wildman–Crippen MR) is 596 cm³/mol. The molecule has 15 heterocycles. The molecule has 0 fully saturated rings. The molecule has 15 aromatic heterocycles. The SMILES string of the molecule is c1ccc(-c2ccc(-c3nc(-n4c5ccccc5c5c6sc7ccccc7c6c6c7cccnc7sc6c54)nc4ccccc34)cc2)cc1.c1ccc(-c2nc(-c3ccc(-n4c5ccccc5c5c6sc7ccccc7c6c6c7cccnc7sc6c54)cc3)nc3ccccc23)cc1.c1ccc(-c2nc(-n3c4ccccc4c4c5[nH]c6ccccc6c5c5c6cccnc6sc5c43)nc3ccccc23)cc1. The number of fused-ring (bicyclic) bond motifs is 39. The van der Waals surface area contributed by atoms with Gasteiger partial charge in [-0.05, 0) is 126 Å². The molecular weight excluding hydrogens is 1820 g/mol. The zero-order chi connectivity index (χ0) is 92.2. The lowest BCUT2D eigenvalue weighted by Crippen LogP contribution is -2.03. The van der Waals surface area contributed by atoms with Gasteiger partial charge >= 0.3 is 0 Å². The molecule has 32 aromatic rings. The fourth-order valence-corrected chi connectivity index (χ4v) is 28.0. The first-order valence-corrected chi connectivity index (χ1v) is 51.0. The first-order chi connectivity index (χ1) is 70.0. The molecule has 0 saturated heterocycles. The van der Waals surface area contributed by atoms with Crippen LogP contribution in [0.5, 0.6) is 0 Å². The Morgan fingerprint density at radius 2 is 0.539 bits per heavy atom. The van der Waals surface area contributed by atoms with Crippen LogP contribution in [0.1, 0.15) is 0 Å². The van der Waals surface area contributed by atoms with E-state index in [-0.39, 0.29) is 0 Å². The lowest BCUT2D eigenvalue weighted by Gasteiger charge is -2.12. The maximum absolute atomic E-state index is 5.44. The van der Waals surface area contributed by atoms with Gasteiger partial charge < -0.3 is 9.55 Å². The number of nitrogens with zero attached hydrogens (tertiary/aromatic N) is 12. The van der Waals surface area contributed by atoms with Gasteiger partial charge in [0.05, 0.1) is 86.3 Å². The van der Waals surface area contributed by atoms with Crippen molar-refractivity contribution in [2.45, 2.75) is 0 Å². The van der Waals surface area contributed by atoms with Crippen molar-refractivity contribution in [1.29, 1.82) is 0 Å². The van der Waals surface area contributed by atoms with Crippen LogP contribution < -0.4 is 0 Å². The van der Waals surface area contributed by atoms with E-state index in [1.807, 2.05) is 71.6 Å². The van der Waals surface area contributed by atoms with Crippen LogP contribution in [0.3, 0.4) is 0 Å². The van der Waals surface area contributed by atoms with Crippen LogP contribution in [0.2, 0.25) is 0 Å². The Kier molecular flexibility index (Phi) is 17.8. The Labute approximate surface area is 821 Å². The number of rotatable bonds is 8. The number of aromatic nitrogens is 13. The van der Waals surface area contributed by atoms with Crippen molar-refractivity contribution in [3.8, 4) is 73.9 Å². The maximum atomic E-state index is 5.44. The smallest absolute Gasteiger partial charge is 0.235 e. The molecule has 17 aromatic carbocycles. The number of pyridine rings is 3. The van der Waals surface area contributed by atoms with Crippen molar-refractivity contribution in [1.82, 2.24) is 63.5 Å². The number of nitrogens with one attached hydrogen (secondary N) is 1. The van der Waals surface area contributed by atoms with E-state index in [0.717, 1.165) is 131 Å². The molecule has 13 nitrogen and oxygen atoms in total. The van der Waals surface area contributed by atoms with E-state index in [4.69, 9.17) is 44.9 Å². The minimum absolute atomic E-state index is 0.658. The molecule has 0 aliphatic carbocycles. The van der Waals surface area contributed by atoms with Crippen LogP contribution in [0.15, 0.2) is 413 Å². The standard InChI is InChI=1S/2C43H24N4S2.C37H21N5S/c1-2-11-25(12-3-1)38-28-13-4-7-17-32(28)45-42(46-38)26-20-22-27(23-21-26)47-33-18-8-5-14-29(33)37-39(47)41-36(31-16-10-24-44-43(31)49-41)35-30-15-6-9-19-34(30)48-40(35)37;1-2-11-25(12-3-1)26-20-22-27(23-21-26)38-28-13-4-7-17-32(28)45-43(46-38)47-33-18-8-5-14-29(33)37-39(47)41-36(31-16-10-24-44-42(31)49-41)35-30-15-6-9-19-34(30)48-40(35)37;1-2-11-21(12-3-1)32-23-14-5-8-18-27(23)40-37(41-32)42-28-19-9-6-15-24(28)31-33-29(22-13-4-7-17-26(22)39-33)30-25-16-10-20-38-36(25)43-35(30)34(31)42/h2*1-24H;1-20,39H. The minimum atomic E-state index is 0.658. The quantitative estimate of drug-likeness (QED) is 0.157. The summed E-state index contributed by atoms with van der Waals surface area (Å²) in [5, 5.41) is 25.5. The van der Waals surface area contributed by atoms with Gasteiger partial charge in [-0.25, -0.2) is 44.9 Å². The number of hydrogen-bond donors (Lipinski definition) is 1. The van der Waals surface area contributed by atoms with Gasteiger partial charge in [0.25, 0.3) is 0 Å². The predicted octanol–water partition coefficient (Wildman–Crippen LogP) is 34.2. The third kappa shape index (κ3) is 12.2. The molecule has 0 aliphatic heterocycles. The molecule has 18 heteroatoms. The Morgan fingerprint density at radius 3 is 1.03 bits per heavy atom. The van der Waals surface area contributed by atoms with Crippen LogP contribution in [0.4, 0.5) is 0 Å². The van der Waals surface area contributed by atoms with Gasteiger partial charge in [-0.15, -0.1) is 56.7 Å². The van der Waals surface area contributed by atoms with Crippen LogP contribution in [-0.4, -0.2) is 63.5 Å². The van der Waals surface area contributed by atoms with Crippen molar-refractivity contribution in [3.63, 3.8) is 0 Å². The average molecular weight is 1890 g/mol. The van der Waals surface area contributed by atoms with Gasteiger partial charge in [0.1, 0.15) is 14.5 Å². The van der Waals surface area contributed by atoms with Gasteiger partial charge in [-0.3, -0.25) is 9.13 Å². The number of hydrogen-bond acceptors (Lipinski definition) is 14. The van der Waals surface area contributed by atoms with Crippen molar-refractivity contribution in [2.75, 3.05) is 0 Å². The summed E-state index contributed by atoms with van der Waals surface area (Å²) < 4.78 is 15.9. The highest BCUT2D eigenvalue weighted by atomic mass is 32.1. The third-order valence-electron chi connectivity index (χ3n) is 27.9. The van der Waals surface area contributed by atoms with E-state index in [2.05, 4.69) is 383 Å². The molecule has 0 amide bonds. The van der Waals surface area contributed by atoms with Crippen LogP contribution in [-0.2, 0) is 0 Å². The van der Waals surface area contributed by atoms with Gasteiger partial charge in [-0.1, -0.05) is 279 Å². The van der Waals surface area contributed by atoms with Gasteiger partial charge in [0.2, 0.25) is 11.9 Å². The lowest BCUT2D eigenvalue weighted by atomic mass is 10.0. The summed E-state index contributed by atoms with van der Waals surface area (Å²) in [4.78, 5) is 52.9. The number of para-hydroxylation sites is 7. The molecule has 32 rings (SSSR count). The summed E-state index contributed by atoms with van der Waals surface area (Å²) in [6.07, 6.45) is 5.69. The number of H-pyrrole nitrogens is 1. The van der Waals surface area contributed by atoms with Gasteiger partial charge in [0.15, 0.2) is 5.82 Å². The molecule has 141 heavy (non-hydrogen) atoms. The summed E-state index contributed by atoms with van der Waals surface area (Å²) >= 11 is 9.07. The van der Waals surface area contributed by atoms with Crippen LogP contribution in [0, 0.1) is 0 Å². The fraction of sp³-hybridized carbons (Fsp3) is 0. The van der Waals surface area contributed by atoms with Crippen LogP contribution in [0.25, 0.3) is 295 Å². The lowest BCUT2D eigenvalue weighted by molar-refractivity contribution is 1.02. The van der Waals surface area contributed by atoms with Crippen molar-refractivity contribution < 1.29 is 0 Å². The van der Waals surface area contributed by atoms with Crippen molar-refractivity contribution in [2.24, 2.45) is 0 Å². The largest absolute Gasteiger partial charge is 0.354 e. The molecule has 0 aliphatic rings. The molecule has 1 N–H and O–H groups in total. The topological polar surface area (TPSA) is 147 Å². The first-order valence-electron chi connectivity index (χ1n) is 46.9. The Morgan fingerprint density at radius 1 is 0.206 bits per heavy atom. The normalized spacial score (nSPS) is 12.1. The van der Waals surface area contributed by atoms with E-state index < -0.39 is 0 Å². The summed E-state index contributed by atoms with van der Waals surface area (Å²) in [5.41, 5.74) is 22.3. The highest BCUT2D eigenvalue weighted by molar-refractivity contribution is 7.30. The molecule has 0 radical (unpaired) electrons. The van der Waals surface area contributed by atoms with E-state index in [9.17, 15) is 0 Å². The summed E-state index contributed by atoms with van der Waals surface area (Å²) in [6.45, 7) is 0. The molecule has 0 spiro atoms. The van der Waals surface area contributed by atoms with E-state index in [1.165, 1.54) is 152 Å². The monoisotopic (exact) mass is 1890 g/mol. The number of aromatic amines is 1.